The first kappa shape index (κ1) is 15.6. The summed E-state index contributed by atoms with van der Waals surface area (Å²) in [6, 6.07) is 20.8. The van der Waals surface area contributed by atoms with E-state index in [0.717, 1.165) is 35.1 Å². The van der Waals surface area contributed by atoms with Gasteiger partial charge in [-0.1, -0.05) is 50.2 Å². The fourth-order valence-electron chi connectivity index (χ4n) is 3.20. The van der Waals surface area contributed by atoms with Crippen LogP contribution in [0.1, 0.15) is 19.5 Å². The molecular formula is C21H22N4. The van der Waals surface area contributed by atoms with Crippen molar-refractivity contribution < 1.29 is 0 Å². The van der Waals surface area contributed by atoms with E-state index in [1.54, 1.807) is 0 Å². The van der Waals surface area contributed by atoms with Gasteiger partial charge in [-0.05, 0) is 36.6 Å². The highest BCUT2D eigenvalue weighted by atomic mass is 15.4. The summed E-state index contributed by atoms with van der Waals surface area (Å²) < 4.78 is 0. The van der Waals surface area contributed by atoms with Gasteiger partial charge >= 0.3 is 0 Å². The van der Waals surface area contributed by atoms with E-state index in [4.69, 9.17) is 9.97 Å². The van der Waals surface area contributed by atoms with Crippen molar-refractivity contribution >= 4 is 23.0 Å². The van der Waals surface area contributed by atoms with Gasteiger partial charge in [0.25, 0.3) is 0 Å². The molecule has 2 heterocycles. The zero-order chi connectivity index (χ0) is 17.2. The average Bonchev–Trinajstić information content (AvgIpc) is 3.01. The van der Waals surface area contributed by atoms with Crippen LogP contribution in [-0.2, 0) is 6.42 Å². The SMILES string of the molecule is CC(C)Cc1cnc2c(n1)N(c1ccccc1)CN2c1ccccc1. The number of benzene rings is 2. The highest BCUT2D eigenvalue weighted by molar-refractivity contribution is 5.81. The summed E-state index contributed by atoms with van der Waals surface area (Å²) in [6.07, 6.45) is 2.86. The van der Waals surface area contributed by atoms with Crippen molar-refractivity contribution in [2.24, 2.45) is 5.92 Å². The fourth-order valence-corrected chi connectivity index (χ4v) is 3.20. The van der Waals surface area contributed by atoms with Gasteiger partial charge in [0.15, 0.2) is 11.6 Å². The normalized spacial score (nSPS) is 13.4. The number of aromatic nitrogens is 2. The molecule has 0 radical (unpaired) electrons. The quantitative estimate of drug-likeness (QED) is 0.679. The van der Waals surface area contributed by atoms with Gasteiger partial charge in [-0.25, -0.2) is 9.97 Å². The zero-order valence-corrected chi connectivity index (χ0v) is 14.6. The molecule has 0 unspecified atom stereocenters. The molecule has 0 N–H and O–H groups in total. The second kappa shape index (κ2) is 6.55. The molecule has 1 aromatic heterocycles. The maximum absolute atomic E-state index is 4.95. The maximum atomic E-state index is 4.95. The molecule has 126 valence electrons. The molecule has 2 aromatic carbocycles. The summed E-state index contributed by atoms with van der Waals surface area (Å²) in [5.41, 5.74) is 3.32. The number of hydrogen-bond acceptors (Lipinski definition) is 4. The summed E-state index contributed by atoms with van der Waals surface area (Å²) in [7, 11) is 0. The second-order valence-electron chi connectivity index (χ2n) is 6.78. The smallest absolute Gasteiger partial charge is 0.178 e. The predicted octanol–water partition coefficient (Wildman–Crippen LogP) is 4.92. The average molecular weight is 330 g/mol. The maximum Gasteiger partial charge on any atom is 0.178 e. The molecule has 25 heavy (non-hydrogen) atoms. The number of anilines is 4. The Labute approximate surface area is 148 Å². The minimum absolute atomic E-state index is 0.559. The Morgan fingerprint density at radius 1 is 0.840 bits per heavy atom. The Morgan fingerprint density at radius 2 is 1.40 bits per heavy atom. The Bertz CT molecular complexity index is 846. The zero-order valence-electron chi connectivity index (χ0n) is 14.6. The number of nitrogens with zero attached hydrogens (tertiary/aromatic N) is 4. The number of rotatable bonds is 4. The monoisotopic (exact) mass is 330 g/mol. The van der Waals surface area contributed by atoms with Gasteiger partial charge < -0.3 is 9.80 Å². The molecule has 4 rings (SSSR count). The van der Waals surface area contributed by atoms with Crippen molar-refractivity contribution in [1.29, 1.82) is 0 Å². The summed E-state index contributed by atoms with van der Waals surface area (Å²) in [4.78, 5) is 14.2. The Balaban J connectivity index is 1.79. The van der Waals surface area contributed by atoms with Crippen LogP contribution >= 0.6 is 0 Å². The number of hydrogen-bond donors (Lipinski definition) is 0. The van der Waals surface area contributed by atoms with Gasteiger partial charge in [0, 0.05) is 11.4 Å². The lowest BCUT2D eigenvalue weighted by atomic mass is 10.1. The van der Waals surface area contributed by atoms with E-state index in [1.165, 1.54) is 0 Å². The lowest BCUT2D eigenvalue weighted by Gasteiger charge is -2.20. The van der Waals surface area contributed by atoms with Gasteiger partial charge in [0.2, 0.25) is 0 Å². The summed E-state index contributed by atoms with van der Waals surface area (Å²) >= 11 is 0. The molecule has 4 heteroatoms. The van der Waals surface area contributed by atoms with E-state index in [9.17, 15) is 0 Å². The predicted molar refractivity (Wildman–Crippen MR) is 103 cm³/mol. The van der Waals surface area contributed by atoms with Crippen molar-refractivity contribution in [1.82, 2.24) is 9.97 Å². The first-order chi connectivity index (χ1) is 12.2. The Morgan fingerprint density at radius 3 is 1.96 bits per heavy atom. The highest BCUT2D eigenvalue weighted by Gasteiger charge is 2.31. The largest absolute Gasteiger partial charge is 0.305 e. The molecule has 0 saturated heterocycles. The van der Waals surface area contributed by atoms with E-state index in [1.807, 2.05) is 18.3 Å². The van der Waals surface area contributed by atoms with Crippen molar-refractivity contribution in [3.63, 3.8) is 0 Å². The van der Waals surface area contributed by atoms with E-state index in [-0.39, 0.29) is 0 Å². The topological polar surface area (TPSA) is 32.3 Å². The van der Waals surface area contributed by atoms with Crippen molar-refractivity contribution in [2.45, 2.75) is 20.3 Å². The molecule has 0 amide bonds. The van der Waals surface area contributed by atoms with E-state index in [0.29, 0.717) is 12.6 Å². The lowest BCUT2D eigenvalue weighted by Crippen LogP contribution is -2.24. The van der Waals surface area contributed by atoms with Gasteiger partial charge in [-0.2, -0.15) is 0 Å². The van der Waals surface area contributed by atoms with Crippen LogP contribution in [0.2, 0.25) is 0 Å². The van der Waals surface area contributed by atoms with Gasteiger partial charge in [-0.15, -0.1) is 0 Å². The molecule has 3 aromatic rings. The molecule has 1 aliphatic rings. The van der Waals surface area contributed by atoms with Gasteiger partial charge in [0.05, 0.1) is 11.9 Å². The third-order valence-electron chi connectivity index (χ3n) is 4.33. The van der Waals surface area contributed by atoms with Gasteiger partial charge in [0.1, 0.15) is 6.67 Å². The van der Waals surface area contributed by atoms with Crippen molar-refractivity contribution in [3.8, 4) is 0 Å². The lowest BCUT2D eigenvalue weighted by molar-refractivity contribution is 0.633. The van der Waals surface area contributed by atoms with Crippen LogP contribution in [0.4, 0.5) is 23.0 Å². The van der Waals surface area contributed by atoms with Crippen LogP contribution < -0.4 is 9.80 Å². The molecule has 0 saturated carbocycles. The van der Waals surface area contributed by atoms with E-state index >= 15 is 0 Å². The fraction of sp³-hybridized carbons (Fsp3) is 0.238. The molecule has 0 aliphatic carbocycles. The minimum atomic E-state index is 0.559. The molecular weight excluding hydrogens is 308 g/mol. The third kappa shape index (κ3) is 3.07. The second-order valence-corrected chi connectivity index (χ2v) is 6.78. The molecule has 1 aliphatic heterocycles. The Hall–Kier alpha value is -2.88. The summed E-state index contributed by atoms with van der Waals surface area (Å²) in [5.74, 6) is 2.42. The number of para-hydroxylation sites is 2. The van der Waals surface area contributed by atoms with Crippen molar-refractivity contribution in [3.05, 3.63) is 72.6 Å². The molecule has 0 spiro atoms. The van der Waals surface area contributed by atoms with Crippen LogP contribution in [0.15, 0.2) is 66.9 Å². The minimum Gasteiger partial charge on any atom is -0.305 e. The van der Waals surface area contributed by atoms with Crippen LogP contribution in [0, 0.1) is 5.92 Å². The van der Waals surface area contributed by atoms with Crippen LogP contribution in [0.25, 0.3) is 0 Å². The summed E-state index contributed by atoms with van der Waals surface area (Å²) in [6.45, 7) is 5.13. The van der Waals surface area contributed by atoms with Crippen molar-refractivity contribution in [2.75, 3.05) is 16.5 Å². The van der Waals surface area contributed by atoms with E-state index < -0.39 is 0 Å². The molecule has 0 bridgehead atoms. The standard InChI is InChI=1S/C21H22N4/c1-16(2)13-17-14-22-20-21(23-17)25(19-11-7-4-8-12-19)15-24(20)18-9-5-3-6-10-18/h3-12,14,16H,13,15H2,1-2H3. The van der Waals surface area contributed by atoms with Crippen LogP contribution in [0.3, 0.4) is 0 Å². The summed E-state index contributed by atoms with van der Waals surface area (Å²) in [5, 5.41) is 0. The Kier molecular flexibility index (Phi) is 4.10. The number of fused-ring (bicyclic) bond motifs is 1. The molecule has 4 nitrogen and oxygen atoms in total. The highest BCUT2D eigenvalue weighted by Crippen LogP contribution is 2.41. The first-order valence-corrected chi connectivity index (χ1v) is 8.73. The van der Waals surface area contributed by atoms with Crippen LogP contribution in [-0.4, -0.2) is 16.6 Å². The van der Waals surface area contributed by atoms with Gasteiger partial charge in [-0.3, -0.25) is 0 Å². The molecule has 0 fully saturated rings. The first-order valence-electron chi connectivity index (χ1n) is 8.73. The molecule has 0 atom stereocenters. The van der Waals surface area contributed by atoms with Crippen LogP contribution in [0.5, 0.6) is 0 Å². The third-order valence-corrected chi connectivity index (χ3v) is 4.33. The van der Waals surface area contributed by atoms with E-state index in [2.05, 4.69) is 72.2 Å².